The fourth-order valence-corrected chi connectivity index (χ4v) is 3.41. The van der Waals surface area contributed by atoms with Crippen LogP contribution in [0.4, 0.5) is 0 Å². The van der Waals surface area contributed by atoms with Gasteiger partial charge < -0.3 is 10.6 Å². The van der Waals surface area contributed by atoms with Crippen LogP contribution in [0.5, 0.6) is 0 Å². The van der Waals surface area contributed by atoms with E-state index in [0.717, 1.165) is 36.4 Å². The third-order valence-corrected chi connectivity index (χ3v) is 4.76. The zero-order valence-electron chi connectivity index (χ0n) is 11.4. The fraction of sp³-hybridized carbons (Fsp3) is 0.357. The normalized spacial score (nSPS) is 11.6. The van der Waals surface area contributed by atoms with Gasteiger partial charge in [0.15, 0.2) is 5.96 Å². The number of aliphatic imine (C=N–C) groups is 1. The molecule has 2 aromatic rings. The molecule has 0 aromatic carbocycles. The van der Waals surface area contributed by atoms with Crippen LogP contribution in [-0.4, -0.2) is 19.0 Å². The Morgan fingerprint density at radius 1 is 1.25 bits per heavy atom. The predicted molar refractivity (Wildman–Crippen MR) is 90.2 cm³/mol. The Morgan fingerprint density at radius 2 is 2.15 bits per heavy atom. The monoisotopic (exact) mass is 327 g/mol. The van der Waals surface area contributed by atoms with Crippen LogP contribution < -0.4 is 10.6 Å². The molecule has 108 valence electrons. The first kappa shape index (κ1) is 15.4. The summed E-state index contributed by atoms with van der Waals surface area (Å²) in [6, 6.07) is 8.17. The van der Waals surface area contributed by atoms with Crippen molar-refractivity contribution in [2.24, 2.45) is 4.99 Å². The van der Waals surface area contributed by atoms with E-state index in [1.165, 1.54) is 9.75 Å². The number of nitrogens with one attached hydrogen (secondary N) is 2. The summed E-state index contributed by atoms with van der Waals surface area (Å²) in [6.45, 7) is 4.51. The number of rotatable bonds is 6. The summed E-state index contributed by atoms with van der Waals surface area (Å²) in [5, 5.41) is 8.68. The third kappa shape index (κ3) is 5.15. The van der Waals surface area contributed by atoms with E-state index in [4.69, 9.17) is 11.6 Å². The van der Waals surface area contributed by atoms with Gasteiger partial charge in [-0.15, -0.1) is 22.7 Å². The molecule has 2 aromatic heterocycles. The summed E-state index contributed by atoms with van der Waals surface area (Å²) < 4.78 is 0.846. The van der Waals surface area contributed by atoms with Crippen LogP contribution in [0.2, 0.25) is 4.34 Å². The molecule has 3 nitrogen and oxygen atoms in total. The fourth-order valence-electron chi connectivity index (χ4n) is 1.69. The maximum absolute atomic E-state index is 5.92. The molecular formula is C14H18ClN3S2. The maximum Gasteiger partial charge on any atom is 0.191 e. The van der Waals surface area contributed by atoms with E-state index in [1.807, 2.05) is 6.07 Å². The molecule has 2 N–H and O–H groups in total. The van der Waals surface area contributed by atoms with Crippen molar-refractivity contribution in [2.75, 3.05) is 13.1 Å². The summed E-state index contributed by atoms with van der Waals surface area (Å²) in [5.41, 5.74) is 0. The van der Waals surface area contributed by atoms with Gasteiger partial charge in [0.1, 0.15) is 0 Å². The van der Waals surface area contributed by atoms with Gasteiger partial charge in [0.25, 0.3) is 0 Å². The second-order valence-electron chi connectivity index (χ2n) is 4.16. The lowest BCUT2D eigenvalue weighted by atomic mass is 10.3. The van der Waals surface area contributed by atoms with Crippen LogP contribution in [0.15, 0.2) is 34.6 Å². The Bertz CT molecular complexity index is 534. The quantitative estimate of drug-likeness (QED) is 0.626. The highest BCUT2D eigenvalue weighted by Gasteiger charge is 2.00. The average Bonchev–Trinajstić information content (AvgIpc) is 3.08. The molecule has 0 spiro atoms. The lowest BCUT2D eigenvalue weighted by Crippen LogP contribution is -2.38. The van der Waals surface area contributed by atoms with Gasteiger partial charge in [-0.1, -0.05) is 17.7 Å². The van der Waals surface area contributed by atoms with Crippen molar-refractivity contribution in [1.82, 2.24) is 10.6 Å². The number of thiophene rings is 2. The minimum Gasteiger partial charge on any atom is -0.357 e. The largest absolute Gasteiger partial charge is 0.357 e. The molecule has 0 amide bonds. The molecule has 0 atom stereocenters. The van der Waals surface area contributed by atoms with Gasteiger partial charge in [-0.25, -0.2) is 4.99 Å². The van der Waals surface area contributed by atoms with E-state index < -0.39 is 0 Å². The van der Waals surface area contributed by atoms with Crippen LogP contribution >= 0.6 is 34.3 Å². The third-order valence-electron chi connectivity index (χ3n) is 2.61. The summed E-state index contributed by atoms with van der Waals surface area (Å²) in [6.07, 6.45) is 0.959. The van der Waals surface area contributed by atoms with E-state index in [1.54, 1.807) is 22.7 Å². The number of hydrogen-bond acceptors (Lipinski definition) is 3. The van der Waals surface area contributed by atoms with Gasteiger partial charge in [0.2, 0.25) is 0 Å². The molecule has 0 saturated heterocycles. The summed E-state index contributed by atoms with van der Waals surface area (Å²) in [5.74, 6) is 0.864. The second kappa shape index (κ2) is 8.29. The van der Waals surface area contributed by atoms with Crippen molar-refractivity contribution in [3.8, 4) is 0 Å². The van der Waals surface area contributed by atoms with Gasteiger partial charge in [-0.3, -0.25) is 0 Å². The lowest BCUT2D eigenvalue weighted by molar-refractivity contribution is 0.806. The smallest absolute Gasteiger partial charge is 0.191 e. The summed E-state index contributed by atoms with van der Waals surface area (Å²) >= 11 is 9.28. The minimum absolute atomic E-state index is 0.720. The van der Waals surface area contributed by atoms with Crippen LogP contribution in [0.25, 0.3) is 0 Å². The summed E-state index contributed by atoms with van der Waals surface area (Å²) in [7, 11) is 0. The molecule has 0 aliphatic heterocycles. The van der Waals surface area contributed by atoms with Crippen molar-refractivity contribution in [2.45, 2.75) is 19.9 Å². The molecule has 2 heterocycles. The minimum atomic E-state index is 0.720. The SMILES string of the molecule is CCNC(=NCc1cccs1)NCCc1ccc(Cl)s1. The van der Waals surface area contributed by atoms with Gasteiger partial charge in [0, 0.05) is 22.8 Å². The first-order valence-electron chi connectivity index (χ1n) is 6.56. The molecule has 2 rings (SSSR count). The van der Waals surface area contributed by atoms with Crippen LogP contribution in [-0.2, 0) is 13.0 Å². The van der Waals surface area contributed by atoms with Crippen molar-refractivity contribution in [3.05, 3.63) is 43.7 Å². The topological polar surface area (TPSA) is 36.4 Å². The van der Waals surface area contributed by atoms with Crippen LogP contribution in [0.3, 0.4) is 0 Å². The Hall–Kier alpha value is -1.04. The Kier molecular flexibility index (Phi) is 6.36. The predicted octanol–water partition coefficient (Wildman–Crippen LogP) is 3.76. The molecule has 0 unspecified atom stereocenters. The Morgan fingerprint density at radius 3 is 2.80 bits per heavy atom. The van der Waals surface area contributed by atoms with E-state index in [2.05, 4.69) is 46.1 Å². The first-order chi connectivity index (χ1) is 9.78. The molecule has 6 heteroatoms. The molecule has 0 radical (unpaired) electrons. The first-order valence-corrected chi connectivity index (χ1v) is 8.64. The zero-order valence-corrected chi connectivity index (χ0v) is 13.7. The second-order valence-corrected chi connectivity index (χ2v) is 6.99. The number of hydrogen-bond donors (Lipinski definition) is 2. The van der Waals surface area contributed by atoms with Crippen molar-refractivity contribution >= 4 is 40.2 Å². The van der Waals surface area contributed by atoms with E-state index >= 15 is 0 Å². The van der Waals surface area contributed by atoms with Crippen molar-refractivity contribution in [3.63, 3.8) is 0 Å². The van der Waals surface area contributed by atoms with Crippen molar-refractivity contribution < 1.29 is 0 Å². The van der Waals surface area contributed by atoms with Crippen LogP contribution in [0, 0.1) is 0 Å². The number of guanidine groups is 1. The standard InChI is InChI=1S/C14H18ClN3S2/c1-2-16-14(18-10-12-4-3-9-19-12)17-8-7-11-5-6-13(15)20-11/h3-6,9H,2,7-8,10H2,1H3,(H2,16,17,18). The highest BCUT2D eigenvalue weighted by atomic mass is 35.5. The molecular weight excluding hydrogens is 310 g/mol. The molecule has 0 saturated carbocycles. The molecule has 20 heavy (non-hydrogen) atoms. The zero-order chi connectivity index (χ0) is 14.2. The van der Waals surface area contributed by atoms with Gasteiger partial charge in [0.05, 0.1) is 10.9 Å². The Balaban J connectivity index is 1.80. The molecule has 0 aliphatic carbocycles. The van der Waals surface area contributed by atoms with Gasteiger partial charge in [-0.2, -0.15) is 0 Å². The average molecular weight is 328 g/mol. The Labute approximate surface area is 132 Å². The van der Waals surface area contributed by atoms with Crippen LogP contribution in [0.1, 0.15) is 16.7 Å². The highest BCUT2D eigenvalue weighted by Crippen LogP contribution is 2.21. The highest BCUT2D eigenvalue weighted by molar-refractivity contribution is 7.16. The molecule has 0 bridgehead atoms. The van der Waals surface area contributed by atoms with Gasteiger partial charge >= 0.3 is 0 Å². The van der Waals surface area contributed by atoms with Crippen molar-refractivity contribution in [1.29, 1.82) is 0 Å². The van der Waals surface area contributed by atoms with E-state index in [9.17, 15) is 0 Å². The van der Waals surface area contributed by atoms with E-state index in [-0.39, 0.29) is 0 Å². The molecule has 0 aliphatic rings. The lowest BCUT2D eigenvalue weighted by Gasteiger charge is -2.10. The molecule has 0 fully saturated rings. The number of nitrogens with zero attached hydrogens (tertiary/aromatic N) is 1. The maximum atomic E-state index is 5.92. The van der Waals surface area contributed by atoms with E-state index in [0.29, 0.717) is 0 Å². The van der Waals surface area contributed by atoms with Gasteiger partial charge in [-0.05, 0) is 36.9 Å². The number of halogens is 1. The summed E-state index contributed by atoms with van der Waals surface area (Å²) in [4.78, 5) is 7.13.